The van der Waals surface area contributed by atoms with Crippen LogP contribution in [0.3, 0.4) is 0 Å². The fourth-order valence-corrected chi connectivity index (χ4v) is 6.93. The van der Waals surface area contributed by atoms with Crippen molar-refractivity contribution >= 4 is 5.78 Å². The molecule has 3 fully saturated rings. The minimum Gasteiger partial charge on any atom is -0.504 e. The number of ketones is 1. The van der Waals surface area contributed by atoms with Crippen LogP contribution in [-0.2, 0) is 4.79 Å². The number of hydrogen-bond acceptors (Lipinski definition) is 3. The van der Waals surface area contributed by atoms with Crippen LogP contribution in [0.25, 0.3) is 0 Å². The first kappa shape index (κ1) is 15.7. The highest BCUT2D eigenvalue weighted by Gasteiger charge is 2.62. The van der Waals surface area contributed by atoms with E-state index in [1.54, 1.807) is 0 Å². The molecule has 0 aliphatic heterocycles. The standard InChI is InChI=1S/C20H30O3/c1-18-9-8-16(21)17(22)15(18)5-4-12-13(18)6-10-19(2)14(12)7-11-20(19,3)23/h12-14,22-23H,4-11H2,1-3H3/t12-,13+,14+,18-,19+,20+/m0/s1. The number of Topliss-reactive ketones (excluding diaryl/α,β-unsaturated/α-hetero) is 1. The Bertz CT molecular complexity index is 590. The number of hydrogen-bond donors (Lipinski definition) is 2. The van der Waals surface area contributed by atoms with Gasteiger partial charge < -0.3 is 10.2 Å². The van der Waals surface area contributed by atoms with Crippen LogP contribution in [0.15, 0.2) is 11.3 Å². The molecule has 0 bridgehead atoms. The van der Waals surface area contributed by atoms with Crippen molar-refractivity contribution in [1.82, 2.24) is 0 Å². The molecule has 0 unspecified atom stereocenters. The molecule has 0 aromatic heterocycles. The van der Waals surface area contributed by atoms with E-state index in [1.165, 1.54) is 0 Å². The van der Waals surface area contributed by atoms with Gasteiger partial charge in [-0.25, -0.2) is 0 Å². The fraction of sp³-hybridized carbons (Fsp3) is 0.850. The van der Waals surface area contributed by atoms with Crippen LogP contribution in [0.2, 0.25) is 0 Å². The van der Waals surface area contributed by atoms with Crippen molar-refractivity contribution in [2.75, 3.05) is 0 Å². The smallest absolute Gasteiger partial charge is 0.197 e. The lowest BCUT2D eigenvalue weighted by Crippen LogP contribution is -2.54. The molecular formula is C20H30O3. The minimum atomic E-state index is -0.537. The number of carbonyl (C=O) groups excluding carboxylic acids is 1. The van der Waals surface area contributed by atoms with Crippen LogP contribution in [-0.4, -0.2) is 21.6 Å². The second-order valence-corrected chi connectivity index (χ2v) is 9.35. The van der Waals surface area contributed by atoms with Crippen LogP contribution in [0, 0.1) is 28.6 Å². The summed E-state index contributed by atoms with van der Waals surface area (Å²) in [5, 5.41) is 21.3. The maximum atomic E-state index is 11.9. The Morgan fingerprint density at radius 3 is 2.39 bits per heavy atom. The molecule has 0 saturated heterocycles. The number of fused-ring (bicyclic) bond motifs is 5. The average molecular weight is 318 g/mol. The Labute approximate surface area is 139 Å². The van der Waals surface area contributed by atoms with E-state index in [4.69, 9.17) is 0 Å². The predicted molar refractivity (Wildman–Crippen MR) is 88.9 cm³/mol. The SMILES string of the molecule is C[C@@]12CCC(=O)C(O)=C1CC[C@H]1[C@H]2CC[C@]2(C)[C@@H]1CC[C@@]2(C)O. The third kappa shape index (κ3) is 1.83. The summed E-state index contributed by atoms with van der Waals surface area (Å²) in [6, 6.07) is 0. The predicted octanol–water partition coefficient (Wildman–Crippen LogP) is 4.16. The zero-order valence-electron chi connectivity index (χ0n) is 14.7. The van der Waals surface area contributed by atoms with Gasteiger partial charge in [0.15, 0.2) is 11.5 Å². The molecule has 4 rings (SSSR count). The topological polar surface area (TPSA) is 57.5 Å². The summed E-state index contributed by atoms with van der Waals surface area (Å²) < 4.78 is 0. The van der Waals surface area contributed by atoms with E-state index >= 15 is 0 Å². The highest BCUT2D eigenvalue weighted by atomic mass is 16.3. The Morgan fingerprint density at radius 1 is 0.957 bits per heavy atom. The van der Waals surface area contributed by atoms with Gasteiger partial charge in [0.1, 0.15) is 0 Å². The second kappa shape index (κ2) is 4.62. The first-order valence-corrected chi connectivity index (χ1v) is 9.39. The molecule has 6 atom stereocenters. The Balaban J connectivity index is 1.72. The molecule has 0 radical (unpaired) electrons. The summed E-state index contributed by atoms with van der Waals surface area (Å²) in [6.45, 7) is 6.63. The highest BCUT2D eigenvalue weighted by molar-refractivity contribution is 5.95. The van der Waals surface area contributed by atoms with Crippen molar-refractivity contribution < 1.29 is 15.0 Å². The van der Waals surface area contributed by atoms with Crippen LogP contribution >= 0.6 is 0 Å². The molecule has 0 heterocycles. The Kier molecular flexibility index (Phi) is 3.15. The van der Waals surface area contributed by atoms with Crippen molar-refractivity contribution in [2.24, 2.45) is 28.6 Å². The molecule has 2 N–H and O–H groups in total. The van der Waals surface area contributed by atoms with E-state index in [1.807, 2.05) is 6.92 Å². The quantitative estimate of drug-likeness (QED) is 0.705. The number of aliphatic hydroxyl groups is 2. The molecule has 3 saturated carbocycles. The highest BCUT2D eigenvalue weighted by Crippen LogP contribution is 2.67. The number of aliphatic hydroxyl groups excluding tert-OH is 1. The zero-order valence-corrected chi connectivity index (χ0v) is 14.7. The molecule has 4 aliphatic carbocycles. The van der Waals surface area contributed by atoms with E-state index in [2.05, 4.69) is 13.8 Å². The molecule has 0 spiro atoms. The van der Waals surface area contributed by atoms with Gasteiger partial charge in [0, 0.05) is 6.42 Å². The van der Waals surface area contributed by atoms with Crippen LogP contribution in [0.1, 0.15) is 72.1 Å². The van der Waals surface area contributed by atoms with Crippen LogP contribution in [0.5, 0.6) is 0 Å². The van der Waals surface area contributed by atoms with Gasteiger partial charge in [-0.05, 0) is 86.0 Å². The lowest BCUT2D eigenvalue weighted by molar-refractivity contribution is -0.127. The molecule has 0 aromatic rings. The van der Waals surface area contributed by atoms with Crippen molar-refractivity contribution in [3.63, 3.8) is 0 Å². The van der Waals surface area contributed by atoms with Crippen molar-refractivity contribution in [3.05, 3.63) is 11.3 Å². The molecular weight excluding hydrogens is 288 g/mol. The van der Waals surface area contributed by atoms with Gasteiger partial charge >= 0.3 is 0 Å². The lowest BCUT2D eigenvalue weighted by atomic mass is 9.46. The van der Waals surface area contributed by atoms with Crippen LogP contribution in [0.4, 0.5) is 0 Å². The lowest BCUT2D eigenvalue weighted by Gasteiger charge is -2.58. The van der Waals surface area contributed by atoms with E-state index in [-0.39, 0.29) is 22.4 Å². The van der Waals surface area contributed by atoms with Gasteiger partial charge in [-0.15, -0.1) is 0 Å². The van der Waals surface area contributed by atoms with Gasteiger partial charge in [0.05, 0.1) is 5.60 Å². The number of rotatable bonds is 0. The molecule has 0 amide bonds. The normalized spacial score (nSPS) is 52.9. The zero-order chi connectivity index (χ0) is 16.6. The minimum absolute atomic E-state index is 0.00329. The maximum absolute atomic E-state index is 11.9. The monoisotopic (exact) mass is 318 g/mol. The molecule has 3 heteroatoms. The summed E-state index contributed by atoms with van der Waals surface area (Å²) in [4.78, 5) is 11.9. The molecule has 3 nitrogen and oxygen atoms in total. The Morgan fingerprint density at radius 2 is 1.65 bits per heavy atom. The van der Waals surface area contributed by atoms with Crippen LogP contribution < -0.4 is 0 Å². The summed E-state index contributed by atoms with van der Waals surface area (Å²) in [5.74, 6) is 1.82. The molecule has 23 heavy (non-hydrogen) atoms. The van der Waals surface area contributed by atoms with E-state index in [0.29, 0.717) is 24.2 Å². The fourth-order valence-electron chi connectivity index (χ4n) is 6.93. The molecule has 0 aromatic carbocycles. The first-order chi connectivity index (χ1) is 10.7. The van der Waals surface area contributed by atoms with Gasteiger partial charge in [-0.2, -0.15) is 0 Å². The third-order valence-electron chi connectivity index (χ3n) is 8.66. The summed E-state index contributed by atoms with van der Waals surface area (Å²) in [6.07, 6.45) is 7.57. The van der Waals surface area contributed by atoms with Gasteiger partial charge in [0.25, 0.3) is 0 Å². The second-order valence-electron chi connectivity index (χ2n) is 9.35. The molecule has 4 aliphatic rings. The molecule has 128 valence electrons. The van der Waals surface area contributed by atoms with Crippen molar-refractivity contribution in [3.8, 4) is 0 Å². The van der Waals surface area contributed by atoms with Crippen molar-refractivity contribution in [1.29, 1.82) is 0 Å². The van der Waals surface area contributed by atoms with E-state index in [0.717, 1.165) is 50.5 Å². The third-order valence-corrected chi connectivity index (χ3v) is 8.66. The van der Waals surface area contributed by atoms with E-state index < -0.39 is 5.60 Å². The summed E-state index contributed by atoms with van der Waals surface area (Å²) in [7, 11) is 0. The number of allylic oxidation sites excluding steroid dienone is 1. The van der Waals surface area contributed by atoms with Gasteiger partial charge in [-0.3, -0.25) is 4.79 Å². The van der Waals surface area contributed by atoms with Gasteiger partial charge in [-0.1, -0.05) is 13.8 Å². The van der Waals surface area contributed by atoms with Crippen molar-refractivity contribution in [2.45, 2.75) is 77.7 Å². The largest absolute Gasteiger partial charge is 0.504 e. The first-order valence-electron chi connectivity index (χ1n) is 9.39. The number of carbonyl (C=O) groups is 1. The Hall–Kier alpha value is -0.830. The maximum Gasteiger partial charge on any atom is 0.197 e. The van der Waals surface area contributed by atoms with E-state index in [9.17, 15) is 15.0 Å². The average Bonchev–Trinajstić information content (AvgIpc) is 2.74. The van der Waals surface area contributed by atoms with Gasteiger partial charge in [0.2, 0.25) is 0 Å². The summed E-state index contributed by atoms with van der Waals surface area (Å²) >= 11 is 0. The summed E-state index contributed by atoms with van der Waals surface area (Å²) in [5.41, 5.74) is 0.544.